The second-order valence-corrected chi connectivity index (χ2v) is 9.07. The molecule has 3 heterocycles. The third-order valence-electron chi connectivity index (χ3n) is 5.20. The molecule has 1 aromatic heterocycles. The molecule has 140 valence electrons. The van der Waals surface area contributed by atoms with Gasteiger partial charge in [-0.2, -0.15) is 9.40 Å². The van der Waals surface area contributed by atoms with Crippen molar-refractivity contribution in [3.05, 3.63) is 48.0 Å². The van der Waals surface area contributed by atoms with Crippen molar-refractivity contribution in [1.29, 1.82) is 0 Å². The summed E-state index contributed by atoms with van der Waals surface area (Å²) in [6.07, 6.45) is 4.13. The summed E-state index contributed by atoms with van der Waals surface area (Å²) in [6.45, 7) is 4.47. The summed E-state index contributed by atoms with van der Waals surface area (Å²) in [5, 5.41) is 4.37. The van der Waals surface area contributed by atoms with Crippen LogP contribution in [-0.2, 0) is 23.1 Å². The molecule has 2 aromatic rings. The van der Waals surface area contributed by atoms with Gasteiger partial charge in [-0.15, -0.1) is 0 Å². The molecule has 0 spiro atoms. The van der Waals surface area contributed by atoms with E-state index in [0.29, 0.717) is 13.1 Å². The van der Waals surface area contributed by atoms with Gasteiger partial charge in [-0.05, 0) is 56.3 Å². The molecule has 1 aromatic carbocycles. The number of halogens is 1. The molecule has 0 aliphatic carbocycles. The standard InChI is InChI=1S/C18H23FN4O2S/c19-16-3-5-18(6-4-16)26(24,25)22-12-15(11-21-9-1-2-10-21)13-23-17(14-22)7-8-20-23/h3-8,15H,1-2,9-14H2. The van der Waals surface area contributed by atoms with Gasteiger partial charge in [0.15, 0.2) is 0 Å². The SMILES string of the molecule is O=S(=O)(c1ccc(F)cc1)N1Cc2ccnn2CC(CN2CCCC2)C1. The number of aromatic nitrogens is 2. The van der Waals surface area contributed by atoms with Crippen LogP contribution >= 0.6 is 0 Å². The van der Waals surface area contributed by atoms with Crippen LogP contribution in [0.25, 0.3) is 0 Å². The number of hydrogen-bond donors (Lipinski definition) is 0. The minimum atomic E-state index is -3.68. The largest absolute Gasteiger partial charge is 0.303 e. The molecule has 0 saturated carbocycles. The highest BCUT2D eigenvalue weighted by Gasteiger charge is 2.32. The van der Waals surface area contributed by atoms with Gasteiger partial charge in [0.25, 0.3) is 0 Å². The number of fused-ring (bicyclic) bond motifs is 1. The fourth-order valence-electron chi connectivity index (χ4n) is 3.88. The van der Waals surface area contributed by atoms with Gasteiger partial charge in [-0.3, -0.25) is 4.68 Å². The van der Waals surface area contributed by atoms with Gasteiger partial charge in [0.05, 0.1) is 17.1 Å². The van der Waals surface area contributed by atoms with E-state index in [1.807, 2.05) is 10.7 Å². The van der Waals surface area contributed by atoms with Crippen LogP contribution in [0.4, 0.5) is 4.39 Å². The Morgan fingerprint density at radius 3 is 2.54 bits per heavy atom. The van der Waals surface area contributed by atoms with Gasteiger partial charge >= 0.3 is 0 Å². The molecule has 0 bridgehead atoms. The fraction of sp³-hybridized carbons (Fsp3) is 0.500. The maximum Gasteiger partial charge on any atom is 0.243 e. The summed E-state index contributed by atoms with van der Waals surface area (Å²) in [5.41, 5.74) is 0.889. The average molecular weight is 378 g/mol. The van der Waals surface area contributed by atoms with Crippen molar-refractivity contribution in [1.82, 2.24) is 19.0 Å². The Hall–Kier alpha value is -1.77. The minimum Gasteiger partial charge on any atom is -0.303 e. The molecular formula is C18H23FN4O2S. The van der Waals surface area contributed by atoms with Crippen molar-refractivity contribution in [3.63, 3.8) is 0 Å². The summed E-state index contributed by atoms with van der Waals surface area (Å²) >= 11 is 0. The molecular weight excluding hydrogens is 355 g/mol. The molecule has 0 amide bonds. The predicted molar refractivity (Wildman–Crippen MR) is 95.4 cm³/mol. The van der Waals surface area contributed by atoms with Crippen molar-refractivity contribution in [3.8, 4) is 0 Å². The normalized spacial score (nSPS) is 22.3. The second kappa shape index (κ2) is 7.09. The van der Waals surface area contributed by atoms with E-state index in [1.54, 1.807) is 6.20 Å². The first-order valence-electron chi connectivity index (χ1n) is 9.01. The number of sulfonamides is 1. The highest BCUT2D eigenvalue weighted by molar-refractivity contribution is 7.89. The van der Waals surface area contributed by atoms with E-state index >= 15 is 0 Å². The van der Waals surface area contributed by atoms with Crippen LogP contribution < -0.4 is 0 Å². The van der Waals surface area contributed by atoms with Crippen LogP contribution in [0.2, 0.25) is 0 Å². The summed E-state index contributed by atoms with van der Waals surface area (Å²) < 4.78 is 42.9. The zero-order chi connectivity index (χ0) is 18.1. The van der Waals surface area contributed by atoms with E-state index in [2.05, 4.69) is 10.00 Å². The van der Waals surface area contributed by atoms with Crippen molar-refractivity contribution >= 4 is 10.0 Å². The third-order valence-corrected chi connectivity index (χ3v) is 7.03. The maximum atomic E-state index is 13.2. The summed E-state index contributed by atoms with van der Waals surface area (Å²) in [7, 11) is -3.68. The Morgan fingerprint density at radius 1 is 1.08 bits per heavy atom. The fourth-order valence-corrected chi connectivity index (χ4v) is 5.37. The van der Waals surface area contributed by atoms with E-state index < -0.39 is 15.8 Å². The first kappa shape index (κ1) is 17.6. The third kappa shape index (κ3) is 3.54. The molecule has 1 saturated heterocycles. The molecule has 6 nitrogen and oxygen atoms in total. The minimum absolute atomic E-state index is 0.131. The van der Waals surface area contributed by atoms with Crippen LogP contribution in [0.15, 0.2) is 41.4 Å². The molecule has 0 N–H and O–H groups in total. The molecule has 1 atom stereocenters. The monoisotopic (exact) mass is 378 g/mol. The molecule has 0 radical (unpaired) electrons. The molecule has 8 heteroatoms. The van der Waals surface area contributed by atoms with Gasteiger partial charge in [0.1, 0.15) is 5.82 Å². The summed E-state index contributed by atoms with van der Waals surface area (Å²) in [5.74, 6) is -0.269. The van der Waals surface area contributed by atoms with Crippen molar-refractivity contribution < 1.29 is 12.8 Å². The lowest BCUT2D eigenvalue weighted by atomic mass is 10.1. The van der Waals surface area contributed by atoms with Crippen LogP contribution in [-0.4, -0.2) is 53.6 Å². The molecule has 2 aliphatic rings. The maximum absolute atomic E-state index is 13.2. The Bertz CT molecular complexity index is 860. The topological polar surface area (TPSA) is 58.4 Å². The quantitative estimate of drug-likeness (QED) is 0.816. The number of rotatable bonds is 4. The Labute approximate surface area is 153 Å². The van der Waals surface area contributed by atoms with E-state index in [0.717, 1.165) is 25.3 Å². The Kier molecular flexibility index (Phi) is 4.81. The van der Waals surface area contributed by atoms with E-state index in [9.17, 15) is 12.8 Å². The van der Waals surface area contributed by atoms with Gasteiger partial charge < -0.3 is 4.90 Å². The van der Waals surface area contributed by atoms with Gasteiger partial charge in [-0.25, -0.2) is 12.8 Å². The molecule has 26 heavy (non-hydrogen) atoms. The lowest BCUT2D eigenvalue weighted by molar-refractivity contribution is 0.233. The van der Waals surface area contributed by atoms with Crippen molar-refractivity contribution in [2.24, 2.45) is 5.92 Å². The summed E-state index contributed by atoms with van der Waals surface area (Å²) in [6, 6.07) is 6.92. The van der Waals surface area contributed by atoms with Gasteiger partial charge in [-0.1, -0.05) is 0 Å². The first-order valence-corrected chi connectivity index (χ1v) is 10.4. The molecule has 1 fully saturated rings. The second-order valence-electron chi connectivity index (χ2n) is 7.13. The average Bonchev–Trinajstić information content (AvgIpc) is 3.24. The highest BCUT2D eigenvalue weighted by Crippen LogP contribution is 2.25. The van der Waals surface area contributed by atoms with Crippen LogP contribution in [0, 0.1) is 11.7 Å². The number of hydrogen-bond acceptors (Lipinski definition) is 4. The Balaban J connectivity index is 1.62. The Morgan fingerprint density at radius 2 is 1.81 bits per heavy atom. The zero-order valence-electron chi connectivity index (χ0n) is 14.6. The van der Waals surface area contributed by atoms with Crippen molar-refractivity contribution in [2.75, 3.05) is 26.2 Å². The predicted octanol–water partition coefficient (Wildman–Crippen LogP) is 1.94. The van der Waals surface area contributed by atoms with Crippen molar-refractivity contribution in [2.45, 2.75) is 30.8 Å². The van der Waals surface area contributed by atoms with E-state index in [1.165, 1.54) is 41.4 Å². The van der Waals surface area contributed by atoms with Crippen LogP contribution in [0.1, 0.15) is 18.5 Å². The molecule has 2 aliphatic heterocycles. The number of nitrogens with zero attached hydrogens (tertiary/aromatic N) is 4. The number of benzene rings is 1. The molecule has 1 unspecified atom stereocenters. The highest BCUT2D eigenvalue weighted by atomic mass is 32.2. The van der Waals surface area contributed by atoms with Crippen LogP contribution in [0.5, 0.6) is 0 Å². The molecule has 4 rings (SSSR count). The zero-order valence-corrected chi connectivity index (χ0v) is 15.4. The van der Waals surface area contributed by atoms with Gasteiger partial charge in [0, 0.05) is 31.7 Å². The van der Waals surface area contributed by atoms with Gasteiger partial charge in [0.2, 0.25) is 10.0 Å². The van der Waals surface area contributed by atoms with Crippen LogP contribution in [0.3, 0.4) is 0 Å². The lowest BCUT2D eigenvalue weighted by Crippen LogP contribution is -2.38. The van der Waals surface area contributed by atoms with E-state index in [4.69, 9.17) is 0 Å². The smallest absolute Gasteiger partial charge is 0.243 e. The first-order chi connectivity index (χ1) is 12.5. The summed E-state index contributed by atoms with van der Waals surface area (Å²) in [4.78, 5) is 2.54. The lowest BCUT2D eigenvalue weighted by Gasteiger charge is -2.26. The number of likely N-dealkylation sites (tertiary alicyclic amines) is 1. The van der Waals surface area contributed by atoms with E-state index in [-0.39, 0.29) is 17.4 Å².